The number of carbonyl (C=O) groups is 1. The first-order chi connectivity index (χ1) is 9.56. The van der Waals surface area contributed by atoms with E-state index in [4.69, 9.17) is 9.47 Å². The number of carbonyl (C=O) groups excluding carboxylic acids is 1. The lowest BCUT2D eigenvalue weighted by atomic mass is 9.89. The van der Waals surface area contributed by atoms with E-state index >= 15 is 0 Å². The van der Waals surface area contributed by atoms with Crippen LogP contribution in [0.4, 0.5) is 0 Å². The Bertz CT molecular complexity index is 527. The molecule has 0 aromatic rings. The lowest BCUT2D eigenvalue weighted by Crippen LogP contribution is -2.46. The van der Waals surface area contributed by atoms with Crippen LogP contribution in [0.5, 0.6) is 0 Å². The van der Waals surface area contributed by atoms with Crippen molar-refractivity contribution in [3.63, 3.8) is 0 Å². The summed E-state index contributed by atoms with van der Waals surface area (Å²) in [6, 6.07) is 0. The van der Waals surface area contributed by atoms with Gasteiger partial charge >= 0.3 is 0 Å². The number of rotatable bonds is 3. The summed E-state index contributed by atoms with van der Waals surface area (Å²) in [6.07, 6.45) is 3.22. The molecule has 0 spiro atoms. The van der Waals surface area contributed by atoms with Crippen LogP contribution in [0.2, 0.25) is 0 Å². The Hall–Kier alpha value is -0.660. The Morgan fingerprint density at radius 2 is 2.05 bits per heavy atom. The zero-order valence-electron chi connectivity index (χ0n) is 11.2. The van der Waals surface area contributed by atoms with Crippen molar-refractivity contribution in [3.05, 3.63) is 0 Å². The van der Waals surface area contributed by atoms with Gasteiger partial charge in [-0.3, -0.25) is 9.52 Å². The zero-order valence-corrected chi connectivity index (χ0v) is 12.0. The van der Waals surface area contributed by atoms with E-state index in [1.54, 1.807) is 0 Å². The summed E-state index contributed by atoms with van der Waals surface area (Å²) in [4.78, 5) is 12.2. The van der Waals surface area contributed by atoms with Crippen LogP contribution in [-0.2, 0) is 24.3 Å². The van der Waals surface area contributed by atoms with Gasteiger partial charge in [-0.1, -0.05) is 0 Å². The molecule has 4 rings (SSSR count). The molecular weight excluding hydrogens is 282 g/mol. The highest BCUT2D eigenvalue weighted by molar-refractivity contribution is 7.90. The van der Waals surface area contributed by atoms with Gasteiger partial charge in [-0.15, -0.1) is 0 Å². The van der Waals surface area contributed by atoms with Crippen LogP contribution in [0.1, 0.15) is 25.7 Å². The van der Waals surface area contributed by atoms with E-state index in [1.165, 1.54) is 0 Å². The van der Waals surface area contributed by atoms with Crippen molar-refractivity contribution in [1.82, 2.24) is 4.72 Å². The first-order valence-corrected chi connectivity index (χ1v) is 8.89. The standard InChI is InChI=1S/C13H19NO5S/c15-13(10-5-11-8-4-9(8)12(10)19-11)14-20(16,17)7-2-1-3-18-6-7/h7-12H,1-6H2,(H,14,15)/t7?,8-,9+,10-,11+,12+/m1/s1. The van der Waals surface area contributed by atoms with Crippen LogP contribution in [-0.4, -0.2) is 45.0 Å². The van der Waals surface area contributed by atoms with Crippen LogP contribution in [0.3, 0.4) is 0 Å². The van der Waals surface area contributed by atoms with Crippen LogP contribution in [0.25, 0.3) is 0 Å². The summed E-state index contributed by atoms with van der Waals surface area (Å²) < 4.78 is 37.6. The highest BCUT2D eigenvalue weighted by atomic mass is 32.2. The molecule has 0 radical (unpaired) electrons. The third kappa shape index (κ3) is 1.98. The molecule has 3 aliphatic heterocycles. The first-order valence-electron chi connectivity index (χ1n) is 7.35. The quantitative estimate of drug-likeness (QED) is 0.795. The molecule has 7 heteroatoms. The third-order valence-electron chi connectivity index (χ3n) is 5.14. The lowest BCUT2D eigenvalue weighted by Gasteiger charge is -2.24. The molecule has 1 unspecified atom stereocenters. The van der Waals surface area contributed by atoms with Gasteiger partial charge in [0.05, 0.1) is 24.7 Å². The van der Waals surface area contributed by atoms with Crippen LogP contribution in [0.15, 0.2) is 0 Å². The second-order valence-electron chi connectivity index (χ2n) is 6.40. The van der Waals surface area contributed by atoms with E-state index in [2.05, 4.69) is 4.72 Å². The summed E-state index contributed by atoms with van der Waals surface area (Å²) in [6.45, 7) is 0.782. The fraction of sp³-hybridized carbons (Fsp3) is 0.923. The van der Waals surface area contributed by atoms with Crippen molar-refractivity contribution < 1.29 is 22.7 Å². The van der Waals surface area contributed by atoms with Gasteiger partial charge in [0.15, 0.2) is 0 Å². The number of nitrogens with one attached hydrogen (secondary N) is 1. The molecule has 3 saturated heterocycles. The molecule has 20 heavy (non-hydrogen) atoms. The Balaban J connectivity index is 1.42. The van der Waals surface area contributed by atoms with Crippen molar-refractivity contribution in [2.24, 2.45) is 17.8 Å². The molecule has 1 saturated carbocycles. The highest BCUT2D eigenvalue weighted by Crippen LogP contribution is 2.60. The Kier molecular flexibility index (Phi) is 2.88. The smallest absolute Gasteiger partial charge is 0.240 e. The predicted octanol–water partition coefficient (Wildman–Crippen LogP) is 0.0348. The highest BCUT2D eigenvalue weighted by Gasteiger charge is 2.64. The van der Waals surface area contributed by atoms with E-state index in [9.17, 15) is 13.2 Å². The second kappa shape index (κ2) is 4.42. The van der Waals surface area contributed by atoms with Gasteiger partial charge in [0, 0.05) is 6.61 Å². The summed E-state index contributed by atoms with van der Waals surface area (Å²) in [5.74, 6) is 0.453. The minimum Gasteiger partial charge on any atom is -0.380 e. The summed E-state index contributed by atoms with van der Waals surface area (Å²) >= 11 is 0. The van der Waals surface area contributed by atoms with Crippen LogP contribution in [0, 0.1) is 17.8 Å². The van der Waals surface area contributed by atoms with Gasteiger partial charge in [-0.25, -0.2) is 8.42 Å². The fourth-order valence-corrected chi connectivity index (χ4v) is 5.31. The van der Waals surface area contributed by atoms with Gasteiger partial charge in [-0.2, -0.15) is 0 Å². The number of fused-ring (bicyclic) bond motifs is 5. The second-order valence-corrected chi connectivity index (χ2v) is 8.36. The molecule has 2 bridgehead atoms. The molecule has 6 nitrogen and oxygen atoms in total. The SMILES string of the molecule is O=C(NS(=O)(=O)C1CCCOC1)[C@@H]1C[C@@H]2O[C@H]1[C@H]1C[C@H]12. The van der Waals surface area contributed by atoms with E-state index in [0.717, 1.165) is 12.8 Å². The molecule has 1 N–H and O–H groups in total. The molecule has 1 amide bonds. The maximum absolute atomic E-state index is 12.2. The van der Waals surface area contributed by atoms with Crippen LogP contribution < -0.4 is 4.72 Å². The molecule has 0 aromatic heterocycles. The first kappa shape index (κ1) is 13.0. The van der Waals surface area contributed by atoms with E-state index < -0.39 is 15.3 Å². The average Bonchev–Trinajstić information content (AvgIpc) is 3.04. The number of sulfonamides is 1. The number of hydrogen-bond donors (Lipinski definition) is 1. The topological polar surface area (TPSA) is 81.7 Å². The molecule has 4 fully saturated rings. The summed E-state index contributed by atoms with van der Waals surface area (Å²) in [7, 11) is -3.62. The van der Waals surface area contributed by atoms with Crippen molar-refractivity contribution in [1.29, 1.82) is 0 Å². The van der Waals surface area contributed by atoms with Gasteiger partial charge < -0.3 is 9.47 Å². The molecule has 4 aliphatic rings. The van der Waals surface area contributed by atoms with Crippen molar-refractivity contribution in [2.75, 3.05) is 13.2 Å². The maximum atomic E-state index is 12.2. The van der Waals surface area contributed by atoms with E-state index in [1.807, 2.05) is 0 Å². The monoisotopic (exact) mass is 301 g/mol. The third-order valence-corrected chi connectivity index (χ3v) is 6.88. The van der Waals surface area contributed by atoms with Gasteiger partial charge in [-0.05, 0) is 37.5 Å². The minimum absolute atomic E-state index is 0.0530. The van der Waals surface area contributed by atoms with Gasteiger partial charge in [0.1, 0.15) is 5.25 Å². The average molecular weight is 301 g/mol. The van der Waals surface area contributed by atoms with Crippen molar-refractivity contribution in [2.45, 2.75) is 43.1 Å². The van der Waals surface area contributed by atoms with Crippen LogP contribution >= 0.6 is 0 Å². The number of amides is 1. The molecule has 3 heterocycles. The molecule has 0 aromatic carbocycles. The molecule has 6 atom stereocenters. The van der Waals surface area contributed by atoms with Crippen molar-refractivity contribution >= 4 is 15.9 Å². The number of ether oxygens (including phenoxy) is 2. The van der Waals surface area contributed by atoms with Gasteiger partial charge in [0.25, 0.3) is 0 Å². The lowest BCUT2D eigenvalue weighted by molar-refractivity contribution is -0.125. The Labute approximate surface area is 118 Å². The summed E-state index contributed by atoms with van der Waals surface area (Å²) in [5, 5.41) is -0.603. The van der Waals surface area contributed by atoms with E-state index in [0.29, 0.717) is 31.3 Å². The fourth-order valence-electron chi connectivity index (χ4n) is 3.96. The largest absolute Gasteiger partial charge is 0.380 e. The van der Waals surface area contributed by atoms with Crippen molar-refractivity contribution in [3.8, 4) is 0 Å². The molecule has 112 valence electrons. The Morgan fingerprint density at radius 3 is 2.70 bits per heavy atom. The van der Waals surface area contributed by atoms with E-state index in [-0.39, 0.29) is 30.6 Å². The normalized spacial score (nSPS) is 46.0. The van der Waals surface area contributed by atoms with Gasteiger partial charge in [0.2, 0.25) is 15.9 Å². The zero-order chi connectivity index (χ0) is 13.9. The maximum Gasteiger partial charge on any atom is 0.240 e. The minimum atomic E-state index is -3.62. The molecular formula is C13H19NO5S. The predicted molar refractivity (Wildman–Crippen MR) is 69.3 cm³/mol. The summed E-state index contributed by atoms with van der Waals surface area (Å²) in [5.41, 5.74) is 0. The number of hydrogen-bond acceptors (Lipinski definition) is 5. The Morgan fingerprint density at radius 1 is 1.20 bits per heavy atom. The molecule has 1 aliphatic carbocycles.